The molecule has 21 heavy (non-hydrogen) atoms. The standard InChI is InChI=1S/C15H20N2O4/c1-21-15(20)8-2-3-16-12(6-8)17-7-10-4-9-5-11(10)14(19)13(9)18/h2-3,6,9-11,13-14,18-19H,4-5,7H2,1H3,(H,16,17)/t9-,10-,11-,13+,14-/m0/s1. The molecule has 0 radical (unpaired) electrons. The molecule has 6 nitrogen and oxygen atoms in total. The van der Waals surface area contributed by atoms with Crippen LogP contribution >= 0.6 is 0 Å². The number of rotatable bonds is 4. The van der Waals surface area contributed by atoms with E-state index in [9.17, 15) is 15.0 Å². The first-order valence-corrected chi connectivity index (χ1v) is 7.24. The predicted octanol–water partition coefficient (Wildman–Crippen LogP) is 0.658. The lowest BCUT2D eigenvalue weighted by Gasteiger charge is -2.29. The predicted molar refractivity (Wildman–Crippen MR) is 75.8 cm³/mol. The molecule has 0 amide bonds. The molecule has 2 aliphatic carbocycles. The van der Waals surface area contributed by atoms with E-state index in [-0.39, 0.29) is 17.8 Å². The number of fused-ring (bicyclic) bond motifs is 2. The van der Waals surface area contributed by atoms with Gasteiger partial charge in [0, 0.05) is 12.7 Å². The van der Waals surface area contributed by atoms with E-state index in [0.717, 1.165) is 12.8 Å². The van der Waals surface area contributed by atoms with E-state index in [4.69, 9.17) is 0 Å². The van der Waals surface area contributed by atoms with Gasteiger partial charge in [-0.15, -0.1) is 0 Å². The minimum Gasteiger partial charge on any atom is -0.465 e. The van der Waals surface area contributed by atoms with Gasteiger partial charge in [0.15, 0.2) is 0 Å². The molecule has 5 atom stereocenters. The molecular weight excluding hydrogens is 272 g/mol. The second-order valence-corrected chi connectivity index (χ2v) is 5.94. The Labute approximate surface area is 123 Å². The van der Waals surface area contributed by atoms with Gasteiger partial charge in [0.05, 0.1) is 24.9 Å². The molecule has 0 aliphatic heterocycles. The summed E-state index contributed by atoms with van der Waals surface area (Å²) in [6, 6.07) is 3.26. The highest BCUT2D eigenvalue weighted by molar-refractivity contribution is 5.89. The number of esters is 1. The van der Waals surface area contributed by atoms with Crippen molar-refractivity contribution in [1.82, 2.24) is 4.98 Å². The second kappa shape index (κ2) is 5.61. The van der Waals surface area contributed by atoms with Crippen molar-refractivity contribution in [3.63, 3.8) is 0 Å². The number of pyridine rings is 1. The Morgan fingerprint density at radius 1 is 1.43 bits per heavy atom. The van der Waals surface area contributed by atoms with Crippen molar-refractivity contribution in [3.05, 3.63) is 23.9 Å². The zero-order valence-corrected chi connectivity index (χ0v) is 11.9. The molecule has 2 fully saturated rings. The number of nitrogens with zero attached hydrogens (tertiary/aromatic N) is 1. The maximum atomic E-state index is 11.5. The molecule has 114 valence electrons. The number of methoxy groups -OCH3 is 1. The van der Waals surface area contributed by atoms with Crippen molar-refractivity contribution < 1.29 is 19.7 Å². The third-order valence-corrected chi connectivity index (χ3v) is 4.78. The molecule has 0 unspecified atom stereocenters. The summed E-state index contributed by atoms with van der Waals surface area (Å²) in [5.41, 5.74) is 0.457. The van der Waals surface area contributed by atoms with Crippen molar-refractivity contribution in [3.8, 4) is 0 Å². The summed E-state index contributed by atoms with van der Waals surface area (Å²) in [6.07, 6.45) is 2.21. The van der Waals surface area contributed by atoms with Gasteiger partial charge in [0.2, 0.25) is 0 Å². The fourth-order valence-corrected chi connectivity index (χ4v) is 3.67. The number of aliphatic hydroxyl groups is 2. The molecule has 1 aromatic rings. The monoisotopic (exact) mass is 292 g/mol. The Bertz CT molecular complexity index is 534. The minimum atomic E-state index is -0.607. The van der Waals surface area contributed by atoms with Gasteiger partial charge < -0.3 is 20.3 Å². The van der Waals surface area contributed by atoms with Crippen molar-refractivity contribution in [2.24, 2.45) is 17.8 Å². The van der Waals surface area contributed by atoms with Gasteiger partial charge in [0.1, 0.15) is 5.82 Å². The van der Waals surface area contributed by atoms with Crippen molar-refractivity contribution in [2.45, 2.75) is 25.0 Å². The summed E-state index contributed by atoms with van der Waals surface area (Å²) in [6.45, 7) is 0.683. The van der Waals surface area contributed by atoms with Gasteiger partial charge in [-0.2, -0.15) is 0 Å². The molecule has 0 spiro atoms. The molecule has 3 rings (SSSR count). The average Bonchev–Trinajstić information content (AvgIpc) is 3.05. The van der Waals surface area contributed by atoms with E-state index >= 15 is 0 Å². The van der Waals surface area contributed by atoms with Gasteiger partial charge in [-0.25, -0.2) is 9.78 Å². The lowest BCUT2D eigenvalue weighted by molar-refractivity contribution is -0.0317. The van der Waals surface area contributed by atoms with Crippen LogP contribution < -0.4 is 5.32 Å². The lowest BCUT2D eigenvalue weighted by Crippen LogP contribution is -2.38. The molecule has 0 saturated heterocycles. The summed E-state index contributed by atoms with van der Waals surface area (Å²) in [5, 5.41) is 22.9. The highest BCUT2D eigenvalue weighted by Crippen LogP contribution is 2.48. The smallest absolute Gasteiger partial charge is 0.338 e. The average molecular weight is 292 g/mol. The Morgan fingerprint density at radius 2 is 2.24 bits per heavy atom. The molecule has 1 aromatic heterocycles. The van der Waals surface area contributed by atoms with Crippen LogP contribution in [0.3, 0.4) is 0 Å². The first-order chi connectivity index (χ1) is 10.1. The number of ether oxygens (including phenoxy) is 1. The van der Waals surface area contributed by atoms with Crippen LogP contribution in [0.25, 0.3) is 0 Å². The Morgan fingerprint density at radius 3 is 2.90 bits per heavy atom. The molecule has 1 heterocycles. The number of aliphatic hydroxyl groups excluding tert-OH is 2. The van der Waals surface area contributed by atoms with E-state index in [1.807, 2.05) is 0 Å². The molecule has 2 aliphatic rings. The lowest BCUT2D eigenvalue weighted by atomic mass is 9.85. The number of nitrogens with one attached hydrogen (secondary N) is 1. The molecule has 3 N–H and O–H groups in total. The zero-order valence-electron chi connectivity index (χ0n) is 11.9. The van der Waals surface area contributed by atoms with Crippen molar-refractivity contribution in [2.75, 3.05) is 19.0 Å². The van der Waals surface area contributed by atoms with E-state index < -0.39 is 12.2 Å². The van der Waals surface area contributed by atoms with Gasteiger partial charge in [-0.05, 0) is 42.7 Å². The summed E-state index contributed by atoms with van der Waals surface area (Å²) in [5.74, 6) is 0.930. The van der Waals surface area contributed by atoms with Crippen LogP contribution in [-0.4, -0.2) is 47.0 Å². The Balaban J connectivity index is 1.60. The summed E-state index contributed by atoms with van der Waals surface area (Å²) in [4.78, 5) is 15.7. The topological polar surface area (TPSA) is 91.7 Å². The fraction of sp³-hybridized carbons (Fsp3) is 0.600. The molecule has 2 saturated carbocycles. The molecule has 0 aromatic carbocycles. The Kier molecular flexibility index (Phi) is 3.82. The summed E-state index contributed by atoms with van der Waals surface area (Å²) >= 11 is 0. The van der Waals surface area contributed by atoms with Crippen LogP contribution in [-0.2, 0) is 4.74 Å². The summed E-state index contributed by atoms with van der Waals surface area (Å²) in [7, 11) is 1.35. The molecule has 6 heteroatoms. The van der Waals surface area contributed by atoms with E-state index in [2.05, 4.69) is 15.0 Å². The SMILES string of the molecule is COC(=O)c1ccnc(NC[C@@H]2C[C@H]3C[C@@H]2[C@H](O)[C@@H]3O)c1. The highest BCUT2D eigenvalue weighted by atomic mass is 16.5. The van der Waals surface area contributed by atoms with Crippen LogP contribution in [0.15, 0.2) is 18.3 Å². The molecular formula is C15H20N2O4. The maximum Gasteiger partial charge on any atom is 0.338 e. The van der Waals surface area contributed by atoms with Gasteiger partial charge >= 0.3 is 5.97 Å². The quantitative estimate of drug-likeness (QED) is 0.706. The fourth-order valence-electron chi connectivity index (χ4n) is 3.67. The number of carbonyl (C=O) groups excluding carboxylic acids is 1. The number of hydrogen-bond acceptors (Lipinski definition) is 6. The number of carbonyl (C=O) groups is 1. The normalized spacial score (nSPS) is 34.0. The first kappa shape index (κ1) is 14.3. The number of hydrogen-bond donors (Lipinski definition) is 3. The van der Waals surface area contributed by atoms with Crippen LogP contribution in [0.1, 0.15) is 23.2 Å². The van der Waals surface area contributed by atoms with Crippen molar-refractivity contribution in [1.29, 1.82) is 0 Å². The van der Waals surface area contributed by atoms with E-state index in [0.29, 0.717) is 23.8 Å². The summed E-state index contributed by atoms with van der Waals surface area (Å²) < 4.78 is 4.68. The largest absolute Gasteiger partial charge is 0.465 e. The van der Waals surface area contributed by atoms with Gasteiger partial charge in [0.25, 0.3) is 0 Å². The van der Waals surface area contributed by atoms with Gasteiger partial charge in [-0.1, -0.05) is 0 Å². The van der Waals surface area contributed by atoms with Crippen molar-refractivity contribution >= 4 is 11.8 Å². The highest BCUT2D eigenvalue weighted by Gasteiger charge is 2.51. The zero-order chi connectivity index (χ0) is 15.0. The van der Waals surface area contributed by atoms with Crippen LogP contribution in [0, 0.1) is 17.8 Å². The van der Waals surface area contributed by atoms with Crippen LogP contribution in [0.2, 0.25) is 0 Å². The first-order valence-electron chi connectivity index (χ1n) is 7.24. The molecule has 2 bridgehead atoms. The van der Waals surface area contributed by atoms with Gasteiger partial charge in [-0.3, -0.25) is 0 Å². The second-order valence-electron chi connectivity index (χ2n) is 5.94. The maximum absolute atomic E-state index is 11.5. The Hall–Kier alpha value is -1.66. The minimum absolute atomic E-state index is 0.154. The van der Waals surface area contributed by atoms with E-state index in [1.54, 1.807) is 18.3 Å². The van der Waals surface area contributed by atoms with E-state index in [1.165, 1.54) is 7.11 Å². The van der Waals surface area contributed by atoms with Crippen LogP contribution in [0.4, 0.5) is 5.82 Å². The van der Waals surface area contributed by atoms with Crippen LogP contribution in [0.5, 0.6) is 0 Å². The number of anilines is 1. The third kappa shape index (κ3) is 2.61. The third-order valence-electron chi connectivity index (χ3n) is 4.78. The number of aromatic nitrogens is 1.